The number of aliphatic hydroxyl groups is 1. The summed E-state index contributed by atoms with van der Waals surface area (Å²) in [4.78, 5) is 25.9. The average Bonchev–Trinajstić information content (AvgIpc) is 2.76. The van der Waals surface area contributed by atoms with Gasteiger partial charge in [0.15, 0.2) is 0 Å². The molecule has 202 valence electrons. The van der Waals surface area contributed by atoms with Crippen molar-refractivity contribution in [2.24, 2.45) is 50.2 Å². The van der Waals surface area contributed by atoms with Gasteiger partial charge in [-0.25, -0.2) is 0 Å². The zero-order chi connectivity index (χ0) is 26.5. The number of Topliss-reactive ketones (excluding diaryl/α,β-unsaturated/α-hetero) is 1. The molecular weight excluding hydrogens is 448 g/mol. The van der Waals surface area contributed by atoms with E-state index in [-0.39, 0.29) is 51.7 Å². The van der Waals surface area contributed by atoms with E-state index >= 15 is 0 Å². The number of allylic oxidation sites excluding steroid dienone is 2. The molecule has 36 heavy (non-hydrogen) atoms. The second kappa shape index (κ2) is 7.93. The predicted octanol–water partition coefficient (Wildman–Crippen LogP) is 6.89. The average molecular weight is 499 g/mol. The van der Waals surface area contributed by atoms with Crippen molar-refractivity contribution in [3.63, 3.8) is 0 Å². The second-order valence-electron chi connectivity index (χ2n) is 15.6. The van der Waals surface area contributed by atoms with Crippen molar-refractivity contribution in [2.75, 3.05) is 6.61 Å². The topological polar surface area (TPSA) is 63.6 Å². The van der Waals surface area contributed by atoms with Crippen LogP contribution in [0, 0.1) is 50.2 Å². The molecule has 0 saturated heterocycles. The van der Waals surface area contributed by atoms with Crippen LogP contribution < -0.4 is 0 Å². The molecule has 8 unspecified atom stereocenters. The summed E-state index contributed by atoms with van der Waals surface area (Å²) in [6, 6.07) is 0. The normalized spacial score (nSPS) is 49.0. The van der Waals surface area contributed by atoms with E-state index in [0.29, 0.717) is 24.0 Å². The van der Waals surface area contributed by atoms with E-state index in [1.165, 1.54) is 12.5 Å². The number of aliphatic hydroxyl groups excluding tert-OH is 1. The van der Waals surface area contributed by atoms with Gasteiger partial charge in [0.25, 0.3) is 0 Å². The molecule has 4 nitrogen and oxygen atoms in total. The van der Waals surface area contributed by atoms with Crippen molar-refractivity contribution in [1.29, 1.82) is 0 Å². The van der Waals surface area contributed by atoms with Gasteiger partial charge >= 0.3 is 5.97 Å². The number of hydrogen-bond acceptors (Lipinski definition) is 4. The smallest absolute Gasteiger partial charge is 0.302 e. The Morgan fingerprint density at radius 1 is 1.00 bits per heavy atom. The van der Waals surface area contributed by atoms with Crippen molar-refractivity contribution >= 4 is 11.8 Å². The van der Waals surface area contributed by atoms with Gasteiger partial charge < -0.3 is 9.84 Å². The van der Waals surface area contributed by atoms with Crippen LogP contribution in [0.15, 0.2) is 11.6 Å². The molecule has 8 atom stereocenters. The van der Waals surface area contributed by atoms with Gasteiger partial charge in [0.1, 0.15) is 11.9 Å². The first-order valence-electron chi connectivity index (χ1n) is 14.6. The number of carbonyl (C=O) groups is 2. The summed E-state index contributed by atoms with van der Waals surface area (Å²) in [7, 11) is 0. The highest BCUT2D eigenvalue weighted by atomic mass is 16.5. The van der Waals surface area contributed by atoms with E-state index < -0.39 is 5.41 Å². The van der Waals surface area contributed by atoms with Crippen LogP contribution in [0.2, 0.25) is 0 Å². The molecule has 0 aliphatic heterocycles. The molecular formula is C32H50O4. The number of ketones is 1. The molecule has 0 aromatic carbocycles. The van der Waals surface area contributed by atoms with Gasteiger partial charge in [0.05, 0.1) is 12.0 Å². The van der Waals surface area contributed by atoms with E-state index in [0.717, 1.165) is 51.4 Å². The third-order valence-corrected chi connectivity index (χ3v) is 13.2. The lowest BCUT2D eigenvalue weighted by molar-refractivity contribution is -0.212. The third kappa shape index (κ3) is 3.27. The summed E-state index contributed by atoms with van der Waals surface area (Å²) in [5.74, 6) is 1.30. The van der Waals surface area contributed by atoms with E-state index in [4.69, 9.17) is 4.74 Å². The number of esters is 1. The summed E-state index contributed by atoms with van der Waals surface area (Å²) in [5.41, 5.74) is 1.10. The highest BCUT2D eigenvalue weighted by Gasteiger charge is 2.70. The summed E-state index contributed by atoms with van der Waals surface area (Å²) < 4.78 is 5.86. The van der Waals surface area contributed by atoms with E-state index in [2.05, 4.69) is 54.5 Å². The van der Waals surface area contributed by atoms with Gasteiger partial charge in [0.2, 0.25) is 0 Å². The van der Waals surface area contributed by atoms with Crippen LogP contribution in [0.1, 0.15) is 113 Å². The molecule has 5 aliphatic rings. The molecule has 1 N–H and O–H groups in total. The van der Waals surface area contributed by atoms with Crippen molar-refractivity contribution in [2.45, 2.75) is 119 Å². The summed E-state index contributed by atoms with van der Waals surface area (Å²) >= 11 is 0. The highest BCUT2D eigenvalue weighted by molar-refractivity contribution is 5.89. The molecule has 0 amide bonds. The lowest BCUT2D eigenvalue weighted by Crippen LogP contribution is -2.66. The quantitative estimate of drug-likeness (QED) is 0.332. The Labute approximate surface area is 219 Å². The summed E-state index contributed by atoms with van der Waals surface area (Å²) in [6.07, 6.45) is 11.2. The molecule has 0 aromatic heterocycles. The minimum Gasteiger partial charge on any atom is -0.462 e. The zero-order valence-electron chi connectivity index (χ0n) is 24.1. The first-order valence-corrected chi connectivity index (χ1v) is 14.6. The van der Waals surface area contributed by atoms with Crippen molar-refractivity contribution < 1.29 is 19.4 Å². The highest BCUT2D eigenvalue weighted by Crippen LogP contribution is 2.75. The third-order valence-electron chi connectivity index (χ3n) is 13.2. The van der Waals surface area contributed by atoms with Crippen LogP contribution >= 0.6 is 0 Å². The maximum atomic E-state index is 14.0. The first-order chi connectivity index (χ1) is 16.6. The van der Waals surface area contributed by atoms with Crippen LogP contribution in [0.5, 0.6) is 0 Å². The van der Waals surface area contributed by atoms with Crippen LogP contribution in [-0.2, 0) is 14.3 Å². The van der Waals surface area contributed by atoms with E-state index in [9.17, 15) is 14.7 Å². The first kappa shape index (κ1) is 26.4. The van der Waals surface area contributed by atoms with Crippen LogP contribution in [0.25, 0.3) is 0 Å². The number of hydrogen-bond donors (Lipinski definition) is 1. The lowest BCUT2D eigenvalue weighted by Gasteiger charge is -2.71. The minimum absolute atomic E-state index is 0.00827. The molecule has 0 spiro atoms. The van der Waals surface area contributed by atoms with Gasteiger partial charge in [-0.2, -0.15) is 0 Å². The minimum atomic E-state index is -0.574. The van der Waals surface area contributed by atoms with Crippen LogP contribution in [0.3, 0.4) is 0 Å². The Bertz CT molecular complexity index is 992. The van der Waals surface area contributed by atoms with Crippen molar-refractivity contribution in [1.82, 2.24) is 0 Å². The molecule has 0 heterocycles. The summed E-state index contributed by atoms with van der Waals surface area (Å²) in [5, 5.41) is 10.6. The number of rotatable bonds is 2. The summed E-state index contributed by atoms with van der Waals surface area (Å²) in [6.45, 7) is 18.3. The van der Waals surface area contributed by atoms with Gasteiger partial charge in [-0.05, 0) is 85.4 Å². The molecule has 4 heteroatoms. The molecule has 0 radical (unpaired) electrons. The Morgan fingerprint density at radius 3 is 2.33 bits per heavy atom. The maximum absolute atomic E-state index is 14.0. The molecule has 5 rings (SSSR count). The molecule has 0 aromatic rings. The largest absolute Gasteiger partial charge is 0.462 e. The predicted molar refractivity (Wildman–Crippen MR) is 142 cm³/mol. The lowest BCUT2D eigenvalue weighted by atomic mass is 9.33. The Kier molecular flexibility index (Phi) is 5.83. The van der Waals surface area contributed by atoms with E-state index in [1.807, 2.05) is 0 Å². The van der Waals surface area contributed by atoms with Gasteiger partial charge in [-0.3, -0.25) is 9.59 Å². The van der Waals surface area contributed by atoms with Crippen LogP contribution in [-0.4, -0.2) is 29.6 Å². The molecule has 4 fully saturated rings. The van der Waals surface area contributed by atoms with Gasteiger partial charge in [-0.1, -0.05) is 60.1 Å². The fourth-order valence-electron chi connectivity index (χ4n) is 10.9. The van der Waals surface area contributed by atoms with E-state index in [1.54, 1.807) is 0 Å². The Hall–Kier alpha value is -1.16. The molecule has 4 saturated carbocycles. The monoisotopic (exact) mass is 498 g/mol. The van der Waals surface area contributed by atoms with Gasteiger partial charge in [0, 0.05) is 24.2 Å². The van der Waals surface area contributed by atoms with Crippen molar-refractivity contribution in [3.8, 4) is 0 Å². The van der Waals surface area contributed by atoms with Gasteiger partial charge in [-0.15, -0.1) is 0 Å². The number of ether oxygens (including phenoxy) is 1. The van der Waals surface area contributed by atoms with Crippen LogP contribution in [0.4, 0.5) is 0 Å². The maximum Gasteiger partial charge on any atom is 0.302 e. The fourth-order valence-corrected chi connectivity index (χ4v) is 10.9. The fraction of sp³-hybridized carbons (Fsp3) is 0.875. The SMILES string of the molecule is CC(=O)OC1CCC2(C)C(CCC3(C)C2CC=C2C4CC(C)(C)CCC4(CO)C(=O)CC23C)C1(C)C. The molecule has 5 aliphatic carbocycles. The second-order valence-corrected chi connectivity index (χ2v) is 15.6. The number of fused-ring (bicyclic) bond motifs is 7. The Balaban J connectivity index is 1.57. The zero-order valence-corrected chi connectivity index (χ0v) is 24.1. The van der Waals surface area contributed by atoms with Crippen molar-refractivity contribution in [3.05, 3.63) is 11.6 Å². The standard InChI is InChI=1S/C32H50O4/c1-20(34)36-26-12-13-29(6)23(28(26,4)5)11-14-30(7)24(29)10-9-21-22-17-27(2,3)15-16-32(22,19-33)25(35)18-31(21,30)8/h9,22-24,26,33H,10-19H2,1-8H3. The molecule has 0 bridgehead atoms. The number of carbonyl (C=O) groups excluding carboxylic acids is 2. The Morgan fingerprint density at radius 2 is 1.69 bits per heavy atom.